The second kappa shape index (κ2) is 6.80. The molecular weight excluding hydrogens is 356 g/mol. The summed E-state index contributed by atoms with van der Waals surface area (Å²) in [4.78, 5) is 16.7. The summed E-state index contributed by atoms with van der Waals surface area (Å²) >= 11 is 6.62. The lowest BCUT2D eigenvalue weighted by molar-refractivity contribution is -0.121. The first-order valence-corrected chi connectivity index (χ1v) is 9.70. The van der Waals surface area contributed by atoms with Gasteiger partial charge in [0.15, 0.2) is 15.5 Å². The fraction of sp³-hybridized carbons (Fsp3) is 0.444. The zero-order chi connectivity index (χ0) is 17.4. The number of nitrogens with one attached hydrogen (secondary N) is 2. The van der Waals surface area contributed by atoms with E-state index in [0.717, 1.165) is 40.5 Å². The van der Waals surface area contributed by atoms with E-state index in [0.29, 0.717) is 29.5 Å². The first-order valence-electron chi connectivity index (χ1n) is 8.47. The summed E-state index contributed by atoms with van der Waals surface area (Å²) in [5.41, 5.74) is 2.06. The van der Waals surface area contributed by atoms with Crippen molar-refractivity contribution in [1.29, 1.82) is 0 Å². The van der Waals surface area contributed by atoms with Gasteiger partial charge >= 0.3 is 0 Å². The Morgan fingerprint density at radius 2 is 2.12 bits per heavy atom. The third-order valence-electron chi connectivity index (χ3n) is 4.58. The maximum atomic E-state index is 12.6. The van der Waals surface area contributed by atoms with Crippen molar-refractivity contribution < 1.29 is 14.3 Å². The molecular formula is C18H20N2O3S2. The summed E-state index contributed by atoms with van der Waals surface area (Å²) in [6, 6.07) is 5.99. The number of aromatic amines is 1. The van der Waals surface area contributed by atoms with Gasteiger partial charge < -0.3 is 19.8 Å². The highest BCUT2D eigenvalue weighted by molar-refractivity contribution is 7.73. The van der Waals surface area contributed by atoms with Gasteiger partial charge in [0.05, 0.1) is 12.5 Å². The third-order valence-corrected chi connectivity index (χ3v) is 5.92. The average Bonchev–Trinajstić information content (AvgIpc) is 3.38. The van der Waals surface area contributed by atoms with E-state index in [4.69, 9.17) is 21.7 Å². The number of H-pyrrole nitrogens is 1. The highest BCUT2D eigenvalue weighted by Gasteiger charge is 2.34. The highest BCUT2D eigenvalue weighted by atomic mass is 32.1. The summed E-state index contributed by atoms with van der Waals surface area (Å²) in [5, 5.41) is 3.21. The predicted molar refractivity (Wildman–Crippen MR) is 99.0 cm³/mol. The van der Waals surface area contributed by atoms with Gasteiger partial charge in [0.2, 0.25) is 5.91 Å². The van der Waals surface area contributed by atoms with Crippen molar-refractivity contribution in [2.45, 2.75) is 32.2 Å². The number of benzene rings is 1. The minimum atomic E-state index is 0.0237. The molecule has 4 rings (SSSR count). The lowest BCUT2D eigenvalue weighted by atomic mass is 10.0. The Kier molecular flexibility index (Phi) is 4.52. The van der Waals surface area contributed by atoms with Crippen LogP contribution in [-0.2, 0) is 11.2 Å². The zero-order valence-electron chi connectivity index (χ0n) is 14.0. The van der Waals surface area contributed by atoms with Crippen molar-refractivity contribution in [3.63, 3.8) is 0 Å². The summed E-state index contributed by atoms with van der Waals surface area (Å²) in [5.74, 6) is 2.07. The normalized spacial score (nSPS) is 17.2. The van der Waals surface area contributed by atoms with Crippen LogP contribution in [0.3, 0.4) is 0 Å². The molecule has 1 aliphatic heterocycles. The van der Waals surface area contributed by atoms with Gasteiger partial charge in [-0.1, -0.05) is 6.07 Å². The van der Waals surface area contributed by atoms with Crippen molar-refractivity contribution >= 4 is 29.5 Å². The van der Waals surface area contributed by atoms with Crippen molar-refractivity contribution in [1.82, 2.24) is 10.3 Å². The minimum absolute atomic E-state index is 0.0237. The van der Waals surface area contributed by atoms with Crippen LogP contribution < -0.4 is 14.8 Å². The molecule has 0 spiro atoms. The van der Waals surface area contributed by atoms with Gasteiger partial charge in [0.25, 0.3) is 0 Å². The van der Waals surface area contributed by atoms with Crippen LogP contribution in [0.15, 0.2) is 18.2 Å². The van der Waals surface area contributed by atoms with Crippen molar-refractivity contribution in [3.05, 3.63) is 38.3 Å². The Hall–Kier alpha value is -1.86. The number of hydrogen-bond donors (Lipinski definition) is 2. The number of thiazole rings is 1. The smallest absolute Gasteiger partial charge is 0.225 e. The van der Waals surface area contributed by atoms with E-state index in [1.54, 1.807) is 0 Å². The van der Waals surface area contributed by atoms with Crippen LogP contribution in [0.5, 0.6) is 11.5 Å². The summed E-state index contributed by atoms with van der Waals surface area (Å²) in [6.45, 7) is 3.10. The number of fused-ring (bicyclic) bond motifs is 1. The summed E-state index contributed by atoms with van der Waals surface area (Å²) in [6.07, 6.45) is 2.64. The number of ether oxygens (including phenoxy) is 2. The van der Waals surface area contributed by atoms with Crippen LogP contribution in [0.4, 0.5) is 0 Å². The summed E-state index contributed by atoms with van der Waals surface area (Å²) in [7, 11) is 0. The van der Waals surface area contributed by atoms with Gasteiger partial charge in [-0.3, -0.25) is 4.79 Å². The Labute approximate surface area is 155 Å². The molecule has 1 saturated carbocycles. The molecule has 0 radical (unpaired) electrons. The van der Waals surface area contributed by atoms with Crippen molar-refractivity contribution in [3.8, 4) is 11.5 Å². The molecule has 1 aromatic heterocycles. The Bertz CT molecular complexity index is 854. The Balaban J connectivity index is 1.51. The van der Waals surface area contributed by atoms with E-state index in [2.05, 4.69) is 10.3 Å². The van der Waals surface area contributed by atoms with E-state index in [9.17, 15) is 4.79 Å². The Morgan fingerprint density at radius 3 is 2.80 bits per heavy atom. The molecule has 2 aromatic rings. The molecule has 25 heavy (non-hydrogen) atoms. The number of aromatic nitrogens is 1. The van der Waals surface area contributed by atoms with E-state index in [-0.39, 0.29) is 11.9 Å². The largest absolute Gasteiger partial charge is 0.486 e. The number of hydrogen-bond acceptors (Lipinski definition) is 5. The van der Waals surface area contributed by atoms with Crippen LogP contribution >= 0.6 is 23.6 Å². The van der Waals surface area contributed by atoms with Gasteiger partial charge in [-0.05, 0) is 55.6 Å². The van der Waals surface area contributed by atoms with Crippen LogP contribution in [-0.4, -0.2) is 24.1 Å². The van der Waals surface area contributed by atoms with E-state index < -0.39 is 0 Å². The molecule has 2 aliphatic rings. The van der Waals surface area contributed by atoms with Crippen molar-refractivity contribution in [2.75, 3.05) is 13.2 Å². The molecule has 2 heterocycles. The fourth-order valence-corrected chi connectivity index (χ4v) is 4.42. The molecule has 0 bridgehead atoms. The fourth-order valence-electron chi connectivity index (χ4n) is 3.13. The maximum absolute atomic E-state index is 12.6. The topological polar surface area (TPSA) is 63.4 Å². The van der Waals surface area contributed by atoms with E-state index in [1.807, 2.05) is 25.1 Å². The molecule has 2 N–H and O–H groups in total. The lowest BCUT2D eigenvalue weighted by Gasteiger charge is -2.23. The van der Waals surface area contributed by atoms with Crippen LogP contribution in [0.2, 0.25) is 0 Å². The first-order chi connectivity index (χ1) is 12.1. The molecule has 1 aliphatic carbocycles. The average molecular weight is 377 g/mol. The SMILES string of the molecule is Cc1[nH]c(=S)sc1CC(=O)N[C@@H](c1ccc2c(c1)OCCO2)C1CC1. The number of carbonyl (C=O) groups is 1. The van der Waals surface area contributed by atoms with Crippen molar-refractivity contribution in [2.24, 2.45) is 5.92 Å². The van der Waals surface area contributed by atoms with Gasteiger partial charge in [-0.25, -0.2) is 0 Å². The van der Waals surface area contributed by atoms with Gasteiger partial charge in [-0.15, -0.1) is 11.3 Å². The Morgan fingerprint density at radius 1 is 1.36 bits per heavy atom. The van der Waals surface area contributed by atoms with E-state index >= 15 is 0 Å². The minimum Gasteiger partial charge on any atom is -0.486 e. The molecule has 5 nitrogen and oxygen atoms in total. The second-order valence-electron chi connectivity index (χ2n) is 6.53. The molecule has 7 heteroatoms. The first kappa shape index (κ1) is 16.6. The monoisotopic (exact) mass is 376 g/mol. The van der Waals surface area contributed by atoms with Gasteiger partial charge in [0.1, 0.15) is 13.2 Å². The quantitative estimate of drug-likeness (QED) is 0.781. The molecule has 1 aromatic carbocycles. The van der Waals surface area contributed by atoms with E-state index in [1.165, 1.54) is 11.3 Å². The molecule has 1 fully saturated rings. The maximum Gasteiger partial charge on any atom is 0.225 e. The predicted octanol–water partition coefficient (Wildman–Crippen LogP) is 3.70. The number of amides is 1. The third kappa shape index (κ3) is 3.72. The van der Waals surface area contributed by atoms with Crippen LogP contribution in [0.1, 0.15) is 35.0 Å². The highest BCUT2D eigenvalue weighted by Crippen LogP contribution is 2.43. The molecule has 1 atom stereocenters. The number of rotatable bonds is 5. The van der Waals surface area contributed by atoms with Gasteiger partial charge in [0, 0.05) is 10.6 Å². The molecule has 0 saturated heterocycles. The number of carbonyl (C=O) groups excluding carboxylic acids is 1. The molecule has 132 valence electrons. The molecule has 0 unspecified atom stereocenters. The van der Waals surface area contributed by atoms with Crippen LogP contribution in [0.25, 0.3) is 0 Å². The second-order valence-corrected chi connectivity index (χ2v) is 8.30. The standard InChI is InChI=1S/C18H20N2O3S2/c1-10-15(25-18(24)19-10)9-16(21)20-17(11-2-3-11)12-4-5-13-14(8-12)23-7-6-22-13/h4-5,8,11,17H,2-3,6-7,9H2,1H3,(H,19,24)(H,20,21)/t17-/m1/s1. The lowest BCUT2D eigenvalue weighted by Crippen LogP contribution is -2.31. The number of aryl methyl sites for hydroxylation is 1. The van der Waals surface area contributed by atoms with Crippen LogP contribution in [0, 0.1) is 16.8 Å². The molecule has 1 amide bonds. The van der Waals surface area contributed by atoms with Gasteiger partial charge in [-0.2, -0.15) is 0 Å². The zero-order valence-corrected chi connectivity index (χ0v) is 15.6. The summed E-state index contributed by atoms with van der Waals surface area (Å²) < 4.78 is 12.0.